The van der Waals surface area contributed by atoms with Crippen molar-refractivity contribution in [1.82, 2.24) is 9.47 Å². The van der Waals surface area contributed by atoms with Crippen LogP contribution in [0.1, 0.15) is 35.8 Å². The Morgan fingerprint density at radius 1 is 1.53 bits per heavy atom. The number of hydrogen-bond donors (Lipinski definition) is 0. The number of carbonyl (C=O) groups is 1. The number of halogens is 1. The van der Waals surface area contributed by atoms with Gasteiger partial charge in [0, 0.05) is 19.6 Å². The highest BCUT2D eigenvalue weighted by atomic mass is 79.9. The van der Waals surface area contributed by atoms with Gasteiger partial charge in [-0.1, -0.05) is 13.3 Å². The average molecular weight is 296 g/mol. The van der Waals surface area contributed by atoms with Gasteiger partial charge in [-0.2, -0.15) is 5.26 Å². The maximum Gasteiger partial charge on any atom is 0.270 e. The SMILES string of the molecule is CCCCN1CCn2c(cc(C#N)c2Br)C1=O. The standard InChI is InChI=1S/C12H14BrN3O/c1-2-3-4-15-5-6-16-10(12(15)17)7-9(8-14)11(16)13/h7H,2-6H2,1H3. The van der Waals surface area contributed by atoms with Gasteiger partial charge in [0.05, 0.1) is 5.56 Å². The molecule has 0 spiro atoms. The van der Waals surface area contributed by atoms with E-state index in [2.05, 4.69) is 28.9 Å². The van der Waals surface area contributed by atoms with Crippen LogP contribution in [0.4, 0.5) is 0 Å². The quantitative estimate of drug-likeness (QED) is 0.860. The van der Waals surface area contributed by atoms with E-state index in [1.165, 1.54) is 0 Å². The average Bonchev–Trinajstić information content (AvgIpc) is 2.66. The van der Waals surface area contributed by atoms with Gasteiger partial charge in [-0.25, -0.2) is 0 Å². The third kappa shape index (κ3) is 2.09. The van der Waals surface area contributed by atoms with Crippen molar-refractivity contribution in [3.8, 4) is 6.07 Å². The van der Waals surface area contributed by atoms with Crippen molar-refractivity contribution in [2.45, 2.75) is 26.3 Å². The summed E-state index contributed by atoms with van der Waals surface area (Å²) in [5.74, 6) is 0.0342. The normalized spacial score (nSPS) is 14.6. The molecule has 0 fully saturated rings. The molecule has 1 aromatic heterocycles. The number of aromatic nitrogens is 1. The second-order valence-corrected chi connectivity index (χ2v) is 4.89. The molecule has 0 radical (unpaired) electrons. The minimum Gasteiger partial charge on any atom is -0.336 e. The van der Waals surface area contributed by atoms with E-state index in [-0.39, 0.29) is 5.91 Å². The molecule has 0 aliphatic carbocycles. The fraction of sp³-hybridized carbons (Fsp3) is 0.500. The van der Waals surface area contributed by atoms with Gasteiger partial charge in [0.25, 0.3) is 5.91 Å². The maximum atomic E-state index is 12.2. The van der Waals surface area contributed by atoms with Gasteiger partial charge in [0.1, 0.15) is 16.4 Å². The summed E-state index contributed by atoms with van der Waals surface area (Å²) in [7, 11) is 0. The van der Waals surface area contributed by atoms with Crippen LogP contribution in [0.3, 0.4) is 0 Å². The molecule has 1 amide bonds. The first-order chi connectivity index (χ1) is 8.19. The number of unbranched alkanes of at least 4 members (excludes halogenated alkanes) is 1. The topological polar surface area (TPSA) is 49.0 Å². The molecule has 2 heterocycles. The number of fused-ring (bicyclic) bond motifs is 1. The van der Waals surface area contributed by atoms with E-state index in [1.54, 1.807) is 6.07 Å². The molecular formula is C12H14BrN3O. The summed E-state index contributed by atoms with van der Waals surface area (Å²) in [6.07, 6.45) is 2.11. The van der Waals surface area contributed by atoms with Crippen molar-refractivity contribution in [2.75, 3.05) is 13.1 Å². The highest BCUT2D eigenvalue weighted by molar-refractivity contribution is 9.10. The van der Waals surface area contributed by atoms with Crippen LogP contribution in [0.25, 0.3) is 0 Å². The van der Waals surface area contributed by atoms with E-state index in [0.717, 1.165) is 37.1 Å². The van der Waals surface area contributed by atoms with Crippen LogP contribution in [0.2, 0.25) is 0 Å². The van der Waals surface area contributed by atoms with E-state index < -0.39 is 0 Å². The fourth-order valence-electron chi connectivity index (χ4n) is 2.05. The second kappa shape index (κ2) is 4.92. The molecule has 90 valence electrons. The van der Waals surface area contributed by atoms with Gasteiger partial charge >= 0.3 is 0 Å². The summed E-state index contributed by atoms with van der Waals surface area (Å²) in [6.45, 7) is 4.40. The predicted molar refractivity (Wildman–Crippen MR) is 67.7 cm³/mol. The van der Waals surface area contributed by atoms with E-state index in [0.29, 0.717) is 11.3 Å². The summed E-state index contributed by atoms with van der Waals surface area (Å²) < 4.78 is 2.60. The highest BCUT2D eigenvalue weighted by Gasteiger charge is 2.27. The monoisotopic (exact) mass is 295 g/mol. The largest absolute Gasteiger partial charge is 0.336 e. The van der Waals surface area contributed by atoms with Gasteiger partial charge < -0.3 is 9.47 Å². The zero-order chi connectivity index (χ0) is 12.4. The van der Waals surface area contributed by atoms with Gasteiger partial charge in [-0.05, 0) is 28.4 Å². The van der Waals surface area contributed by atoms with Crippen molar-refractivity contribution < 1.29 is 4.79 Å². The summed E-state index contributed by atoms with van der Waals surface area (Å²) in [5.41, 5.74) is 1.15. The number of hydrogen-bond acceptors (Lipinski definition) is 2. The smallest absolute Gasteiger partial charge is 0.270 e. The Morgan fingerprint density at radius 2 is 2.29 bits per heavy atom. The van der Waals surface area contributed by atoms with E-state index in [4.69, 9.17) is 5.26 Å². The summed E-state index contributed by atoms with van der Waals surface area (Å²) in [5, 5.41) is 8.94. The molecule has 2 rings (SSSR count). The van der Waals surface area contributed by atoms with Crippen molar-refractivity contribution in [3.63, 3.8) is 0 Å². The Hall–Kier alpha value is -1.28. The van der Waals surface area contributed by atoms with Crippen LogP contribution in [0, 0.1) is 11.3 Å². The fourth-order valence-corrected chi connectivity index (χ4v) is 2.62. The van der Waals surface area contributed by atoms with Crippen LogP contribution < -0.4 is 0 Å². The molecule has 0 bridgehead atoms. The molecule has 0 unspecified atom stereocenters. The van der Waals surface area contributed by atoms with Crippen molar-refractivity contribution in [3.05, 3.63) is 21.9 Å². The van der Waals surface area contributed by atoms with Gasteiger partial charge in [-0.15, -0.1) is 0 Å². The zero-order valence-corrected chi connectivity index (χ0v) is 11.3. The van der Waals surface area contributed by atoms with Crippen molar-refractivity contribution >= 4 is 21.8 Å². The molecule has 5 heteroatoms. The van der Waals surface area contributed by atoms with Gasteiger partial charge in [0.15, 0.2) is 0 Å². The Balaban J connectivity index is 2.27. The van der Waals surface area contributed by atoms with Gasteiger partial charge in [0.2, 0.25) is 0 Å². The van der Waals surface area contributed by atoms with Crippen LogP contribution in [-0.4, -0.2) is 28.5 Å². The molecule has 1 aromatic rings. The van der Waals surface area contributed by atoms with Crippen LogP contribution in [-0.2, 0) is 6.54 Å². The summed E-state index contributed by atoms with van der Waals surface area (Å²) in [6, 6.07) is 3.76. The van der Waals surface area contributed by atoms with Crippen LogP contribution in [0.15, 0.2) is 10.7 Å². The number of carbonyl (C=O) groups excluding carboxylic acids is 1. The number of rotatable bonds is 3. The zero-order valence-electron chi connectivity index (χ0n) is 9.74. The van der Waals surface area contributed by atoms with Crippen LogP contribution in [0.5, 0.6) is 0 Å². The molecule has 0 atom stereocenters. The predicted octanol–water partition coefficient (Wildman–Crippen LogP) is 2.38. The van der Waals surface area contributed by atoms with E-state index in [9.17, 15) is 4.79 Å². The molecule has 1 aliphatic rings. The Bertz CT molecular complexity index is 487. The molecule has 17 heavy (non-hydrogen) atoms. The number of nitrogens with zero attached hydrogens (tertiary/aromatic N) is 3. The molecule has 0 saturated heterocycles. The lowest BCUT2D eigenvalue weighted by atomic mass is 10.2. The molecular weight excluding hydrogens is 282 g/mol. The second-order valence-electron chi connectivity index (χ2n) is 4.14. The third-order valence-corrected chi connectivity index (χ3v) is 3.89. The van der Waals surface area contributed by atoms with Crippen molar-refractivity contribution in [2.24, 2.45) is 0 Å². The summed E-state index contributed by atoms with van der Waals surface area (Å²) >= 11 is 3.37. The lowest BCUT2D eigenvalue weighted by Crippen LogP contribution is -2.40. The minimum absolute atomic E-state index is 0.0342. The van der Waals surface area contributed by atoms with Gasteiger partial charge in [-0.3, -0.25) is 4.79 Å². The Labute approximate surface area is 109 Å². The Kier molecular flexibility index (Phi) is 3.53. The highest BCUT2D eigenvalue weighted by Crippen LogP contribution is 2.25. The number of amides is 1. The Morgan fingerprint density at radius 3 is 2.94 bits per heavy atom. The number of nitriles is 1. The first kappa shape index (κ1) is 12.2. The molecule has 1 aliphatic heterocycles. The van der Waals surface area contributed by atoms with Crippen LogP contribution >= 0.6 is 15.9 Å². The molecule has 0 saturated carbocycles. The first-order valence-corrected chi connectivity index (χ1v) is 6.56. The molecule has 0 N–H and O–H groups in total. The van der Waals surface area contributed by atoms with E-state index >= 15 is 0 Å². The summed E-state index contributed by atoms with van der Waals surface area (Å²) in [4.78, 5) is 14.0. The lowest BCUT2D eigenvalue weighted by Gasteiger charge is -2.28. The maximum absolute atomic E-state index is 12.2. The lowest BCUT2D eigenvalue weighted by molar-refractivity contribution is 0.0701. The molecule has 4 nitrogen and oxygen atoms in total. The first-order valence-electron chi connectivity index (χ1n) is 5.77. The van der Waals surface area contributed by atoms with E-state index in [1.807, 2.05) is 9.47 Å². The third-order valence-electron chi connectivity index (χ3n) is 3.03. The van der Waals surface area contributed by atoms with Crippen molar-refractivity contribution in [1.29, 1.82) is 5.26 Å². The minimum atomic E-state index is 0.0342. The molecule has 0 aromatic carbocycles.